The molecule has 1 N–H and O–H groups in total. The van der Waals surface area contributed by atoms with Gasteiger partial charge in [-0.1, -0.05) is 12.1 Å². The van der Waals surface area contributed by atoms with Gasteiger partial charge in [0.05, 0.1) is 17.1 Å². The van der Waals surface area contributed by atoms with Crippen LogP contribution < -0.4 is 0 Å². The third kappa shape index (κ3) is 3.24. The molecule has 3 rings (SSSR count). The van der Waals surface area contributed by atoms with Gasteiger partial charge in [0.25, 0.3) is 17.3 Å². The van der Waals surface area contributed by atoms with Crippen molar-refractivity contribution in [1.82, 2.24) is 9.99 Å². The Morgan fingerprint density at radius 1 is 1.26 bits per heavy atom. The zero-order valence-electron chi connectivity index (χ0n) is 13.4. The maximum atomic E-state index is 13.5. The summed E-state index contributed by atoms with van der Waals surface area (Å²) in [6.07, 6.45) is -3.85. The van der Waals surface area contributed by atoms with Crippen LogP contribution in [0.25, 0.3) is 0 Å². The normalized spacial score (nSPS) is 19.7. The minimum atomic E-state index is -5.21. The van der Waals surface area contributed by atoms with Gasteiger partial charge in [0.2, 0.25) is 0 Å². The molecule has 8 nitrogen and oxygen atoms in total. The van der Waals surface area contributed by atoms with Crippen LogP contribution in [-0.4, -0.2) is 43.5 Å². The van der Waals surface area contributed by atoms with Gasteiger partial charge in [0, 0.05) is 35.7 Å². The Morgan fingerprint density at radius 2 is 1.93 bits per heavy atom. The van der Waals surface area contributed by atoms with Gasteiger partial charge in [-0.05, 0) is 12.1 Å². The summed E-state index contributed by atoms with van der Waals surface area (Å²) >= 11 is 0. The van der Waals surface area contributed by atoms with Gasteiger partial charge in [-0.3, -0.25) is 19.9 Å². The summed E-state index contributed by atoms with van der Waals surface area (Å²) < 4.78 is 40.6. The molecule has 2 heterocycles. The van der Waals surface area contributed by atoms with Crippen molar-refractivity contribution in [2.75, 3.05) is 0 Å². The van der Waals surface area contributed by atoms with E-state index in [4.69, 9.17) is 0 Å². The average Bonchev–Trinajstić information content (AvgIpc) is 3.01. The summed E-state index contributed by atoms with van der Waals surface area (Å²) in [5.41, 5.74) is -4.40. The molecule has 0 radical (unpaired) electrons. The van der Waals surface area contributed by atoms with Crippen molar-refractivity contribution in [3.05, 3.63) is 70.0 Å². The average molecular weight is 380 g/mol. The number of non-ortho nitro benzene ring substituents is 1. The molecule has 0 aliphatic carbocycles. The highest BCUT2D eigenvalue weighted by Crippen LogP contribution is 2.42. The zero-order valence-corrected chi connectivity index (χ0v) is 13.4. The summed E-state index contributed by atoms with van der Waals surface area (Å²) in [6.45, 7) is 0. The molecule has 2 aromatic rings. The van der Waals surface area contributed by atoms with E-state index in [0.717, 1.165) is 12.1 Å². The maximum Gasteiger partial charge on any atom is 0.438 e. The molecule has 0 fully saturated rings. The van der Waals surface area contributed by atoms with Gasteiger partial charge in [-0.15, -0.1) is 0 Å². The number of halogens is 3. The number of carbonyl (C=O) groups excluding carboxylic acids is 1. The number of hydrazone groups is 1. The van der Waals surface area contributed by atoms with Crippen LogP contribution in [0.5, 0.6) is 0 Å². The Kier molecular flexibility index (Phi) is 4.39. The summed E-state index contributed by atoms with van der Waals surface area (Å²) in [5.74, 6) is -1.18. The first kappa shape index (κ1) is 18.5. The van der Waals surface area contributed by atoms with Crippen molar-refractivity contribution in [2.24, 2.45) is 5.10 Å². The van der Waals surface area contributed by atoms with Crippen LogP contribution in [0.4, 0.5) is 18.9 Å². The van der Waals surface area contributed by atoms with Crippen molar-refractivity contribution in [3.8, 4) is 0 Å². The van der Waals surface area contributed by atoms with Crippen LogP contribution in [0.2, 0.25) is 0 Å². The minimum absolute atomic E-state index is 0.00287. The Hall–Kier alpha value is -3.34. The SMILES string of the molecule is O=C(c1ccncc1)N1N=C(c2cccc([N+](=O)[O-])c2)C[C@@]1(O)C(F)(F)F. The molecule has 140 valence electrons. The van der Waals surface area contributed by atoms with Crippen LogP contribution in [-0.2, 0) is 0 Å². The Labute approximate surface area is 149 Å². The smallest absolute Gasteiger partial charge is 0.362 e. The largest absolute Gasteiger partial charge is 0.438 e. The lowest BCUT2D eigenvalue weighted by Crippen LogP contribution is -2.56. The van der Waals surface area contributed by atoms with Gasteiger partial charge in [0.15, 0.2) is 0 Å². The summed E-state index contributed by atoms with van der Waals surface area (Å²) in [6, 6.07) is 7.13. The second-order valence-corrected chi connectivity index (χ2v) is 5.70. The summed E-state index contributed by atoms with van der Waals surface area (Å²) in [7, 11) is 0. The molecule has 1 aliphatic heterocycles. The van der Waals surface area contributed by atoms with Gasteiger partial charge in [0.1, 0.15) is 0 Å². The molecule has 1 aliphatic rings. The molecule has 11 heteroatoms. The van der Waals surface area contributed by atoms with Crippen LogP contribution >= 0.6 is 0 Å². The third-order valence-corrected chi connectivity index (χ3v) is 3.95. The number of carbonyl (C=O) groups is 1. The highest BCUT2D eigenvalue weighted by Gasteiger charge is 2.63. The second-order valence-electron chi connectivity index (χ2n) is 5.70. The standard InChI is InChI=1S/C16H11F3N4O4/c17-16(18,19)15(25)9-13(11-2-1-3-12(8-11)23(26)27)21-22(15)14(24)10-4-6-20-7-5-10/h1-8,25H,9H2/t15-/m1/s1. The fourth-order valence-corrected chi connectivity index (χ4v) is 2.56. The van der Waals surface area contributed by atoms with Crippen molar-refractivity contribution in [2.45, 2.75) is 18.3 Å². The zero-order chi connectivity index (χ0) is 19.8. The Morgan fingerprint density at radius 3 is 2.52 bits per heavy atom. The highest BCUT2D eigenvalue weighted by atomic mass is 19.4. The van der Waals surface area contributed by atoms with Gasteiger partial charge in [-0.2, -0.15) is 23.3 Å². The quantitative estimate of drug-likeness (QED) is 0.650. The minimum Gasteiger partial charge on any atom is -0.362 e. The number of aliphatic hydroxyl groups is 1. The molecule has 0 unspecified atom stereocenters. The summed E-state index contributed by atoms with van der Waals surface area (Å²) in [4.78, 5) is 26.3. The van der Waals surface area contributed by atoms with E-state index in [0.29, 0.717) is 0 Å². The van der Waals surface area contributed by atoms with Crippen molar-refractivity contribution >= 4 is 17.3 Å². The lowest BCUT2D eigenvalue weighted by molar-refractivity contribution is -0.384. The number of benzene rings is 1. The molecular weight excluding hydrogens is 369 g/mol. The monoisotopic (exact) mass is 380 g/mol. The first-order chi connectivity index (χ1) is 12.6. The second kappa shape index (κ2) is 6.43. The molecule has 0 saturated heterocycles. The van der Waals surface area contributed by atoms with E-state index < -0.39 is 29.2 Å². The third-order valence-electron chi connectivity index (χ3n) is 3.95. The number of alkyl halides is 3. The number of aromatic nitrogens is 1. The van der Waals surface area contributed by atoms with Crippen molar-refractivity contribution in [1.29, 1.82) is 0 Å². The predicted octanol–water partition coefficient (Wildman–Crippen LogP) is 2.49. The maximum absolute atomic E-state index is 13.5. The number of pyridine rings is 1. The van der Waals surface area contributed by atoms with Crippen molar-refractivity contribution in [3.63, 3.8) is 0 Å². The summed E-state index contributed by atoms with van der Waals surface area (Å²) in [5, 5.41) is 24.7. The van der Waals surface area contributed by atoms with Gasteiger partial charge >= 0.3 is 6.18 Å². The molecular formula is C16H11F3N4O4. The lowest BCUT2D eigenvalue weighted by atomic mass is 10.00. The van der Waals surface area contributed by atoms with Crippen molar-refractivity contribution < 1.29 is 28.0 Å². The number of amides is 1. The first-order valence-corrected chi connectivity index (χ1v) is 7.49. The molecule has 0 spiro atoms. The van der Waals surface area contributed by atoms with Gasteiger partial charge in [-0.25, -0.2) is 0 Å². The molecule has 0 bridgehead atoms. The molecule has 1 atom stereocenters. The van der Waals surface area contributed by atoms with E-state index in [2.05, 4.69) is 10.1 Å². The van der Waals surface area contributed by atoms with Crippen LogP contribution in [0, 0.1) is 10.1 Å². The topological polar surface area (TPSA) is 109 Å². The first-order valence-electron chi connectivity index (χ1n) is 7.49. The number of hydrogen-bond acceptors (Lipinski definition) is 6. The molecule has 0 saturated carbocycles. The van der Waals surface area contributed by atoms with E-state index in [9.17, 15) is 33.2 Å². The van der Waals surface area contributed by atoms with E-state index >= 15 is 0 Å². The fourth-order valence-electron chi connectivity index (χ4n) is 2.56. The number of nitro groups is 1. The highest BCUT2D eigenvalue weighted by molar-refractivity contribution is 6.05. The fraction of sp³-hybridized carbons (Fsp3) is 0.188. The number of nitrogens with zero attached hydrogens (tertiary/aromatic N) is 4. The molecule has 1 amide bonds. The lowest BCUT2D eigenvalue weighted by Gasteiger charge is -2.32. The van der Waals surface area contributed by atoms with Gasteiger partial charge < -0.3 is 5.11 Å². The Balaban J connectivity index is 2.06. The Bertz CT molecular complexity index is 933. The van der Waals surface area contributed by atoms with E-state index in [1.165, 1.54) is 36.7 Å². The van der Waals surface area contributed by atoms with E-state index in [-0.39, 0.29) is 27.5 Å². The number of hydrogen-bond donors (Lipinski definition) is 1. The number of nitro benzene ring substituents is 1. The van der Waals surface area contributed by atoms with Crippen LogP contribution in [0.15, 0.2) is 53.9 Å². The molecule has 1 aromatic heterocycles. The van der Waals surface area contributed by atoms with Crippen LogP contribution in [0.3, 0.4) is 0 Å². The van der Waals surface area contributed by atoms with Crippen LogP contribution in [0.1, 0.15) is 22.3 Å². The van der Waals surface area contributed by atoms with E-state index in [1.54, 1.807) is 0 Å². The molecule has 27 heavy (non-hydrogen) atoms. The molecule has 1 aromatic carbocycles. The predicted molar refractivity (Wildman–Crippen MR) is 85.7 cm³/mol. The van der Waals surface area contributed by atoms with E-state index in [1.807, 2.05) is 0 Å². The number of rotatable bonds is 3.